The number of alkyl halides is 2. The van der Waals surface area contributed by atoms with Crippen molar-refractivity contribution in [3.8, 4) is 0 Å². The van der Waals surface area contributed by atoms with E-state index in [2.05, 4.69) is 4.74 Å². The molecule has 22 heavy (non-hydrogen) atoms. The molecule has 1 aliphatic heterocycles. The molecule has 8 heteroatoms. The fourth-order valence-corrected chi connectivity index (χ4v) is 2.95. The van der Waals surface area contributed by atoms with Crippen molar-refractivity contribution in [2.45, 2.75) is 18.4 Å². The Bertz CT molecular complexity index is 626. The molecule has 1 aliphatic rings. The van der Waals surface area contributed by atoms with Crippen LogP contribution in [0.4, 0.5) is 8.78 Å². The van der Waals surface area contributed by atoms with Gasteiger partial charge in [0.25, 0.3) is 5.91 Å². The molecule has 118 valence electrons. The summed E-state index contributed by atoms with van der Waals surface area (Å²) in [5.74, 6) is -5.28. The monoisotopic (exact) mass is 329 g/mol. The molecule has 1 amide bonds. The number of aldehydes is 1. The molecule has 0 aliphatic carbocycles. The molecular formula is C14H13F2NO4S. The average molecular weight is 329 g/mol. The molecular weight excluding hydrogens is 316 g/mol. The summed E-state index contributed by atoms with van der Waals surface area (Å²) in [5, 5.41) is 0. The first kappa shape index (κ1) is 16.3. The molecule has 2 rings (SSSR count). The molecule has 0 spiro atoms. The zero-order chi connectivity index (χ0) is 16.3. The van der Waals surface area contributed by atoms with E-state index >= 15 is 0 Å². The molecule has 1 saturated heterocycles. The number of amides is 1. The van der Waals surface area contributed by atoms with Gasteiger partial charge in [0.15, 0.2) is 0 Å². The fraction of sp³-hybridized carbons (Fsp3) is 0.357. The van der Waals surface area contributed by atoms with Gasteiger partial charge >= 0.3 is 11.9 Å². The molecule has 0 aromatic carbocycles. The van der Waals surface area contributed by atoms with Gasteiger partial charge in [-0.25, -0.2) is 4.79 Å². The maximum Gasteiger partial charge on any atom is 0.348 e. The average Bonchev–Trinajstić information content (AvgIpc) is 3.04. The Morgan fingerprint density at radius 1 is 1.55 bits per heavy atom. The van der Waals surface area contributed by atoms with Crippen molar-refractivity contribution in [3.63, 3.8) is 0 Å². The summed E-state index contributed by atoms with van der Waals surface area (Å²) in [4.78, 5) is 35.6. The number of methoxy groups -OCH3 is 1. The highest BCUT2D eigenvalue weighted by atomic mass is 32.1. The number of ether oxygens (including phenoxy) is 1. The van der Waals surface area contributed by atoms with Crippen molar-refractivity contribution in [1.29, 1.82) is 0 Å². The Kier molecular flexibility index (Phi) is 4.70. The summed E-state index contributed by atoms with van der Waals surface area (Å²) in [6.07, 6.45) is 2.67. The number of likely N-dealkylation sites (tertiary alicyclic amines) is 1. The van der Waals surface area contributed by atoms with Crippen LogP contribution in [0, 0.1) is 0 Å². The Balaban J connectivity index is 2.02. The van der Waals surface area contributed by atoms with E-state index in [0.29, 0.717) is 16.0 Å². The van der Waals surface area contributed by atoms with E-state index in [4.69, 9.17) is 0 Å². The lowest BCUT2D eigenvalue weighted by molar-refractivity contribution is -0.147. The third-order valence-corrected chi connectivity index (χ3v) is 4.22. The minimum absolute atomic E-state index is 0.0940. The van der Waals surface area contributed by atoms with E-state index in [0.717, 1.165) is 4.90 Å². The van der Waals surface area contributed by atoms with Crippen molar-refractivity contribution in [2.24, 2.45) is 0 Å². The van der Waals surface area contributed by atoms with Gasteiger partial charge < -0.3 is 14.4 Å². The van der Waals surface area contributed by atoms with Crippen LogP contribution in [0.2, 0.25) is 0 Å². The highest BCUT2D eigenvalue weighted by molar-refractivity contribution is 7.14. The Morgan fingerprint density at radius 3 is 2.91 bits per heavy atom. The molecule has 0 radical (unpaired) electrons. The Morgan fingerprint density at radius 2 is 2.27 bits per heavy atom. The summed E-state index contributed by atoms with van der Waals surface area (Å²) in [6, 6.07) is 2.14. The number of carbonyl (C=O) groups excluding carboxylic acids is 3. The minimum atomic E-state index is -3.49. The normalized spacial score (nSPS) is 20.6. The third kappa shape index (κ3) is 3.22. The van der Waals surface area contributed by atoms with Crippen molar-refractivity contribution < 1.29 is 27.9 Å². The van der Waals surface area contributed by atoms with Crippen LogP contribution < -0.4 is 0 Å². The Labute approximate surface area is 129 Å². The summed E-state index contributed by atoms with van der Waals surface area (Å²) >= 11 is 1.17. The summed E-state index contributed by atoms with van der Waals surface area (Å²) in [7, 11) is 1.27. The van der Waals surface area contributed by atoms with E-state index < -0.39 is 30.3 Å². The zero-order valence-electron chi connectivity index (χ0n) is 11.6. The van der Waals surface area contributed by atoms with Gasteiger partial charge in [-0.15, -0.1) is 11.3 Å². The van der Waals surface area contributed by atoms with E-state index in [9.17, 15) is 23.2 Å². The lowest BCUT2D eigenvalue weighted by atomic mass is 10.2. The number of thiophene rings is 1. The van der Waals surface area contributed by atoms with Crippen LogP contribution in [0.3, 0.4) is 0 Å². The van der Waals surface area contributed by atoms with Crippen LogP contribution in [0.15, 0.2) is 18.2 Å². The summed E-state index contributed by atoms with van der Waals surface area (Å²) in [6.45, 7) is -0.0940. The van der Waals surface area contributed by atoms with Gasteiger partial charge in [-0.1, -0.05) is 6.08 Å². The smallest absolute Gasteiger partial charge is 0.348 e. The lowest BCUT2D eigenvalue weighted by Gasteiger charge is -2.17. The first-order valence-corrected chi connectivity index (χ1v) is 7.19. The lowest BCUT2D eigenvalue weighted by Crippen LogP contribution is -2.37. The molecule has 0 bridgehead atoms. The topological polar surface area (TPSA) is 63.7 Å². The van der Waals surface area contributed by atoms with Crippen LogP contribution in [-0.2, 0) is 14.3 Å². The molecule has 1 fully saturated rings. The number of halogens is 2. The fourth-order valence-electron chi connectivity index (χ4n) is 2.10. The number of hydrogen-bond acceptors (Lipinski definition) is 5. The van der Waals surface area contributed by atoms with Crippen molar-refractivity contribution in [1.82, 2.24) is 4.90 Å². The van der Waals surface area contributed by atoms with Gasteiger partial charge in [0.2, 0.25) is 0 Å². The van der Waals surface area contributed by atoms with Crippen LogP contribution in [-0.4, -0.2) is 48.7 Å². The second kappa shape index (κ2) is 6.35. The van der Waals surface area contributed by atoms with Gasteiger partial charge in [0.1, 0.15) is 11.2 Å². The predicted molar refractivity (Wildman–Crippen MR) is 75.8 cm³/mol. The highest BCUT2D eigenvalue weighted by Crippen LogP contribution is 2.32. The summed E-state index contributed by atoms with van der Waals surface area (Å²) < 4.78 is 31.1. The maximum absolute atomic E-state index is 13.3. The van der Waals surface area contributed by atoms with Crippen molar-refractivity contribution >= 4 is 35.6 Å². The molecule has 2 heterocycles. The maximum atomic E-state index is 13.3. The third-order valence-electron chi connectivity index (χ3n) is 3.19. The minimum Gasteiger partial charge on any atom is -0.465 e. The second-order valence-corrected chi connectivity index (χ2v) is 5.78. The van der Waals surface area contributed by atoms with Crippen LogP contribution in [0.1, 0.15) is 21.0 Å². The van der Waals surface area contributed by atoms with Crippen molar-refractivity contribution in [3.05, 3.63) is 28.0 Å². The van der Waals surface area contributed by atoms with Gasteiger partial charge in [-0.05, 0) is 18.2 Å². The first-order valence-electron chi connectivity index (χ1n) is 6.38. The number of hydrogen-bond donors (Lipinski definition) is 0. The van der Waals surface area contributed by atoms with E-state index in [1.807, 2.05) is 0 Å². The quantitative estimate of drug-likeness (QED) is 0.612. The van der Waals surface area contributed by atoms with E-state index in [-0.39, 0.29) is 6.54 Å². The van der Waals surface area contributed by atoms with Crippen molar-refractivity contribution in [2.75, 3.05) is 13.7 Å². The zero-order valence-corrected chi connectivity index (χ0v) is 12.4. The number of nitrogens with zero attached hydrogens (tertiary/aromatic N) is 1. The van der Waals surface area contributed by atoms with Gasteiger partial charge in [-0.2, -0.15) is 8.78 Å². The van der Waals surface area contributed by atoms with Crippen LogP contribution >= 0.6 is 11.3 Å². The molecule has 0 saturated carbocycles. The van der Waals surface area contributed by atoms with E-state index in [1.165, 1.54) is 24.5 Å². The second-order valence-electron chi connectivity index (χ2n) is 4.67. The molecule has 1 aromatic rings. The standard InChI is InChI=1S/C14H13F2NO4S/c1-21-12(19)11-5-4-10(22-11)3-2-6-17-9(8-18)7-14(15,16)13(17)20/h2-5,8-9H,6-7H2,1H3/b3-2+. The molecule has 1 atom stereocenters. The predicted octanol–water partition coefficient (Wildman–Crippen LogP) is 1.98. The molecule has 1 unspecified atom stereocenters. The molecule has 0 N–H and O–H groups in total. The Hall–Kier alpha value is -2.09. The van der Waals surface area contributed by atoms with Gasteiger partial charge in [0.05, 0.1) is 13.2 Å². The first-order chi connectivity index (χ1) is 10.4. The molecule has 5 nitrogen and oxygen atoms in total. The van der Waals surface area contributed by atoms with Crippen LogP contribution in [0.5, 0.6) is 0 Å². The summed E-state index contributed by atoms with van der Waals surface area (Å²) in [5.41, 5.74) is 0. The van der Waals surface area contributed by atoms with Crippen LogP contribution in [0.25, 0.3) is 6.08 Å². The SMILES string of the molecule is COC(=O)c1ccc(/C=C/CN2C(=O)C(F)(F)CC2C=O)s1. The largest absolute Gasteiger partial charge is 0.465 e. The molecule has 1 aromatic heterocycles. The number of esters is 1. The van der Waals surface area contributed by atoms with Gasteiger partial charge in [-0.3, -0.25) is 4.79 Å². The highest BCUT2D eigenvalue weighted by Gasteiger charge is 2.52. The van der Waals surface area contributed by atoms with Gasteiger partial charge in [0, 0.05) is 17.8 Å². The number of carbonyl (C=O) groups is 3. The van der Waals surface area contributed by atoms with E-state index in [1.54, 1.807) is 18.2 Å². The number of rotatable bonds is 5.